The van der Waals surface area contributed by atoms with Crippen LogP contribution in [0.25, 0.3) is 0 Å². The molecule has 34 heavy (non-hydrogen) atoms. The fourth-order valence-electron chi connectivity index (χ4n) is 3.04. The highest BCUT2D eigenvalue weighted by atomic mass is 35.5. The molecule has 1 aliphatic rings. The molecule has 1 aromatic carbocycles. The van der Waals surface area contributed by atoms with Gasteiger partial charge in [0.05, 0.1) is 30.7 Å². The van der Waals surface area contributed by atoms with E-state index in [0.717, 1.165) is 16.7 Å². The van der Waals surface area contributed by atoms with Gasteiger partial charge in [0.2, 0.25) is 5.75 Å². The van der Waals surface area contributed by atoms with E-state index in [4.69, 9.17) is 21.6 Å². The first-order valence-corrected chi connectivity index (χ1v) is 9.73. The number of azo groups is 1. The molecule has 0 radical (unpaired) electrons. The second-order valence-corrected chi connectivity index (χ2v) is 7.37. The van der Waals surface area contributed by atoms with Crippen LogP contribution in [0.5, 0.6) is 11.5 Å². The van der Waals surface area contributed by atoms with E-state index in [1.54, 1.807) is 6.07 Å². The molecule has 3 heterocycles. The number of carbonyl (C=O) groups is 1. The van der Waals surface area contributed by atoms with E-state index in [-0.39, 0.29) is 21.9 Å². The molecule has 10 nitrogen and oxygen atoms in total. The number of ether oxygens (including phenoxy) is 1. The highest BCUT2D eigenvalue weighted by molar-refractivity contribution is 6.30. The van der Waals surface area contributed by atoms with Crippen molar-refractivity contribution >= 4 is 17.5 Å². The van der Waals surface area contributed by atoms with Crippen LogP contribution in [0.1, 0.15) is 22.9 Å². The lowest BCUT2D eigenvalue weighted by Crippen LogP contribution is -2.28. The van der Waals surface area contributed by atoms with Gasteiger partial charge in [0.15, 0.2) is 5.69 Å². The van der Waals surface area contributed by atoms with Crippen LogP contribution in [0.3, 0.4) is 0 Å². The maximum Gasteiger partial charge on any atom is 0.437 e. The molecule has 0 spiro atoms. The van der Waals surface area contributed by atoms with Gasteiger partial charge in [0.1, 0.15) is 11.8 Å². The Morgan fingerprint density at radius 3 is 2.74 bits per heavy atom. The van der Waals surface area contributed by atoms with Gasteiger partial charge in [-0.15, -0.1) is 5.11 Å². The summed E-state index contributed by atoms with van der Waals surface area (Å²) in [7, 11) is 0. The summed E-state index contributed by atoms with van der Waals surface area (Å²) in [4.78, 5) is 28.5. The Kier molecular flexibility index (Phi) is 5.99. The molecule has 1 N–H and O–H groups in total. The van der Waals surface area contributed by atoms with Crippen LogP contribution in [0.4, 0.5) is 13.2 Å². The first-order valence-electron chi connectivity index (χ1n) is 9.35. The second kappa shape index (κ2) is 8.91. The lowest BCUT2D eigenvalue weighted by Gasteiger charge is -2.16. The van der Waals surface area contributed by atoms with E-state index < -0.39 is 41.7 Å². The summed E-state index contributed by atoms with van der Waals surface area (Å²) in [6.45, 7) is -0.439. The highest BCUT2D eigenvalue weighted by Crippen LogP contribution is 2.35. The van der Waals surface area contributed by atoms with E-state index >= 15 is 0 Å². The van der Waals surface area contributed by atoms with Crippen LogP contribution in [0, 0.1) is 11.3 Å². The lowest BCUT2D eigenvalue weighted by atomic mass is 10.1. The Hall–Kier alpha value is -4.31. The van der Waals surface area contributed by atoms with E-state index in [9.17, 15) is 22.8 Å². The van der Waals surface area contributed by atoms with E-state index in [0.29, 0.717) is 11.9 Å². The van der Waals surface area contributed by atoms with Gasteiger partial charge in [0.25, 0.3) is 11.5 Å². The maximum absolute atomic E-state index is 13.5. The molecule has 1 aliphatic heterocycles. The molecule has 0 saturated heterocycles. The van der Waals surface area contributed by atoms with E-state index in [2.05, 4.69) is 25.4 Å². The predicted molar refractivity (Wildman–Crippen MR) is 109 cm³/mol. The Labute approximate surface area is 193 Å². The number of aromatic nitrogens is 4. The van der Waals surface area contributed by atoms with Crippen LogP contribution in [0.15, 0.2) is 63.6 Å². The summed E-state index contributed by atoms with van der Waals surface area (Å²) in [6.07, 6.45) is 0.0485. The standard InChI is InChI=1S/C20H11ClF3N7O3/c21-13-1-10(5-25)2-14(4-13)34-16-17(20(22,23)24)26-9-31(19(16)33)8-11-3-15(29-30-18(11)32)12-6-27-28-7-12/h1-4,6-7,9,15H,8H2,(H,27,28). The van der Waals surface area contributed by atoms with Crippen LogP contribution in [-0.2, 0) is 17.5 Å². The minimum Gasteiger partial charge on any atom is -0.449 e. The number of alkyl halides is 3. The predicted octanol–water partition coefficient (Wildman–Crippen LogP) is 3.96. The molecule has 0 bridgehead atoms. The SMILES string of the molecule is N#Cc1cc(Cl)cc(Oc2c(C(F)(F)F)ncn(CC3=CC(c4cn[nH]c4)N=NC3=O)c2=O)c1. The fraction of sp³-hybridized carbons (Fsp3) is 0.150. The molecule has 3 aromatic rings. The van der Waals surface area contributed by atoms with E-state index in [1.807, 2.05) is 0 Å². The van der Waals surface area contributed by atoms with Crippen LogP contribution in [-0.4, -0.2) is 25.7 Å². The minimum atomic E-state index is -5.02. The van der Waals surface area contributed by atoms with Crippen molar-refractivity contribution in [3.8, 4) is 17.6 Å². The third kappa shape index (κ3) is 4.71. The minimum absolute atomic E-state index is 0.00494. The quantitative estimate of drug-likeness (QED) is 0.575. The molecule has 0 aliphatic carbocycles. The Morgan fingerprint density at radius 1 is 1.26 bits per heavy atom. The van der Waals surface area contributed by atoms with Gasteiger partial charge < -0.3 is 4.74 Å². The number of aromatic amines is 1. The smallest absolute Gasteiger partial charge is 0.437 e. The van der Waals surface area contributed by atoms with Crippen LogP contribution < -0.4 is 10.3 Å². The summed E-state index contributed by atoms with van der Waals surface area (Å²) in [6, 6.07) is 4.64. The lowest BCUT2D eigenvalue weighted by molar-refractivity contribution is -0.142. The number of carbonyl (C=O) groups excluding carboxylic acids is 1. The number of nitriles is 1. The molecular formula is C20H11ClF3N7O3. The highest BCUT2D eigenvalue weighted by Gasteiger charge is 2.39. The zero-order valence-corrected chi connectivity index (χ0v) is 17.5. The average Bonchev–Trinajstić information content (AvgIpc) is 3.31. The first kappa shape index (κ1) is 22.9. The molecule has 1 amide bonds. The van der Waals surface area contributed by atoms with Gasteiger partial charge in [-0.3, -0.25) is 19.3 Å². The fourth-order valence-corrected chi connectivity index (χ4v) is 3.27. The average molecular weight is 490 g/mol. The largest absolute Gasteiger partial charge is 0.449 e. The molecule has 14 heteroatoms. The molecule has 4 rings (SSSR count). The van der Waals surface area contributed by atoms with Crippen molar-refractivity contribution in [2.45, 2.75) is 18.8 Å². The van der Waals surface area contributed by atoms with Gasteiger partial charge in [-0.2, -0.15) is 28.6 Å². The van der Waals surface area contributed by atoms with Crippen molar-refractivity contribution in [1.82, 2.24) is 19.7 Å². The Balaban J connectivity index is 1.74. The summed E-state index contributed by atoms with van der Waals surface area (Å²) in [5.74, 6) is -2.17. The van der Waals surface area contributed by atoms with Crippen molar-refractivity contribution in [3.05, 3.63) is 80.8 Å². The second-order valence-electron chi connectivity index (χ2n) is 6.93. The normalized spacial score (nSPS) is 15.7. The van der Waals surface area contributed by atoms with Crippen LogP contribution in [0.2, 0.25) is 5.02 Å². The van der Waals surface area contributed by atoms with Gasteiger partial charge in [0, 0.05) is 22.4 Å². The third-order valence-corrected chi connectivity index (χ3v) is 4.81. The molecule has 1 atom stereocenters. The number of halogens is 4. The van der Waals surface area contributed by atoms with Gasteiger partial charge in [-0.25, -0.2) is 4.98 Å². The third-order valence-electron chi connectivity index (χ3n) is 4.59. The number of rotatable bonds is 5. The Morgan fingerprint density at radius 2 is 2.06 bits per heavy atom. The summed E-state index contributed by atoms with van der Waals surface area (Å²) in [5.41, 5.74) is -2.19. The molecular weight excluding hydrogens is 479 g/mol. The molecule has 2 aromatic heterocycles. The van der Waals surface area contributed by atoms with Crippen molar-refractivity contribution in [2.75, 3.05) is 0 Å². The number of amides is 1. The number of hydrogen-bond acceptors (Lipinski definition) is 7. The number of H-pyrrole nitrogens is 1. The number of nitrogens with zero attached hydrogens (tertiary/aromatic N) is 6. The number of hydrogen-bond donors (Lipinski definition) is 1. The van der Waals surface area contributed by atoms with Crippen molar-refractivity contribution < 1.29 is 22.7 Å². The molecule has 172 valence electrons. The number of benzene rings is 1. The zero-order valence-electron chi connectivity index (χ0n) is 16.7. The van der Waals surface area contributed by atoms with Crippen molar-refractivity contribution in [3.63, 3.8) is 0 Å². The summed E-state index contributed by atoms with van der Waals surface area (Å²) in [5, 5.41) is 22.8. The van der Waals surface area contributed by atoms with Crippen LogP contribution >= 0.6 is 11.6 Å². The van der Waals surface area contributed by atoms with E-state index in [1.165, 1.54) is 24.5 Å². The van der Waals surface area contributed by atoms with Gasteiger partial charge >= 0.3 is 6.18 Å². The topological polar surface area (TPSA) is 138 Å². The monoisotopic (exact) mass is 489 g/mol. The zero-order chi connectivity index (χ0) is 24.5. The Bertz CT molecular complexity index is 1420. The molecule has 1 unspecified atom stereocenters. The summed E-state index contributed by atoms with van der Waals surface area (Å²) >= 11 is 5.87. The molecule has 0 fully saturated rings. The van der Waals surface area contributed by atoms with Crippen molar-refractivity contribution in [1.29, 1.82) is 5.26 Å². The maximum atomic E-state index is 13.5. The van der Waals surface area contributed by atoms with Gasteiger partial charge in [-0.05, 0) is 24.3 Å². The molecule has 0 saturated carbocycles. The number of nitrogens with one attached hydrogen (secondary N) is 1. The first-order chi connectivity index (χ1) is 16.2. The van der Waals surface area contributed by atoms with Crippen molar-refractivity contribution in [2.24, 2.45) is 10.2 Å². The summed E-state index contributed by atoms with van der Waals surface area (Å²) < 4.78 is 46.6. The van der Waals surface area contributed by atoms with Gasteiger partial charge in [-0.1, -0.05) is 11.6 Å².